The van der Waals surface area contributed by atoms with Gasteiger partial charge < -0.3 is 15.5 Å². The summed E-state index contributed by atoms with van der Waals surface area (Å²) < 4.78 is 0. The molecule has 4 nitrogen and oxygen atoms in total. The van der Waals surface area contributed by atoms with Gasteiger partial charge in [-0.2, -0.15) is 0 Å². The lowest BCUT2D eigenvalue weighted by atomic mass is 10.0. The van der Waals surface area contributed by atoms with Gasteiger partial charge in [0.25, 0.3) is 0 Å². The molecule has 0 saturated carbocycles. The molecular weight excluding hydrogens is 663 g/mol. The SMILES string of the molecule is CC/C=C\C/C=C\C/C=C\C/C=C\C/C=C\C/C=C\C/C=C\CCCCCCCCCCCC(=O)NC(CO)C(O)/C=C/CCCCCCCCCCC. The molecule has 0 heterocycles. The fraction of sp³-hybridized carbons (Fsp3) is 0.660. The first-order valence-corrected chi connectivity index (χ1v) is 22.5. The normalized spacial score (nSPS) is 13.9. The van der Waals surface area contributed by atoms with Gasteiger partial charge >= 0.3 is 0 Å². The third-order valence-electron chi connectivity index (χ3n) is 9.57. The minimum atomic E-state index is -0.845. The molecule has 0 aromatic carbocycles. The van der Waals surface area contributed by atoms with Crippen LogP contribution in [0.4, 0.5) is 0 Å². The first kappa shape index (κ1) is 51.3. The van der Waals surface area contributed by atoms with Gasteiger partial charge in [-0.25, -0.2) is 0 Å². The van der Waals surface area contributed by atoms with E-state index in [1.807, 2.05) is 6.08 Å². The van der Waals surface area contributed by atoms with Crippen molar-refractivity contribution in [2.45, 2.75) is 206 Å². The third-order valence-corrected chi connectivity index (χ3v) is 9.57. The van der Waals surface area contributed by atoms with E-state index in [9.17, 15) is 15.0 Å². The summed E-state index contributed by atoms with van der Waals surface area (Å²) in [5.74, 6) is -0.0770. The maximum atomic E-state index is 12.4. The van der Waals surface area contributed by atoms with E-state index in [1.54, 1.807) is 6.08 Å². The van der Waals surface area contributed by atoms with Crippen LogP contribution in [0.25, 0.3) is 0 Å². The third kappa shape index (κ3) is 40.5. The largest absolute Gasteiger partial charge is 0.394 e. The van der Waals surface area contributed by atoms with Crippen molar-refractivity contribution >= 4 is 5.91 Å². The molecule has 0 aromatic heterocycles. The van der Waals surface area contributed by atoms with Crippen LogP contribution in [0.5, 0.6) is 0 Å². The molecule has 0 fully saturated rings. The van der Waals surface area contributed by atoms with Crippen molar-refractivity contribution in [3.8, 4) is 0 Å². The van der Waals surface area contributed by atoms with Crippen molar-refractivity contribution < 1.29 is 15.0 Å². The molecule has 3 N–H and O–H groups in total. The highest BCUT2D eigenvalue weighted by Gasteiger charge is 2.17. The molecule has 0 rings (SSSR count). The molecule has 4 heteroatoms. The lowest BCUT2D eigenvalue weighted by Gasteiger charge is -2.20. The van der Waals surface area contributed by atoms with Gasteiger partial charge in [-0.1, -0.05) is 207 Å². The standard InChI is InChI=1S/C50H85NO3/c1-3-5-7-9-11-13-15-16-17-18-19-20-21-22-23-24-25-26-27-28-29-30-31-32-33-34-36-38-40-42-44-46-50(54)51-48(47-52)49(53)45-43-41-39-37-35-14-12-10-8-6-4-2/h5,7,11,13,16-17,19-20,22-23,25-26,28-29,43,45,48-49,52-53H,3-4,6,8-10,12,14-15,18,21,24,27,30-42,44,46-47H2,1-2H3,(H,51,54)/b7-5-,13-11-,17-16-,20-19-,23-22-,26-25-,29-28-,45-43+. The van der Waals surface area contributed by atoms with E-state index in [-0.39, 0.29) is 12.5 Å². The summed E-state index contributed by atoms with van der Waals surface area (Å²) in [6, 6.07) is -0.630. The summed E-state index contributed by atoms with van der Waals surface area (Å²) >= 11 is 0. The van der Waals surface area contributed by atoms with Gasteiger partial charge in [0, 0.05) is 6.42 Å². The quantitative estimate of drug-likeness (QED) is 0.0433. The van der Waals surface area contributed by atoms with Gasteiger partial charge in [-0.05, 0) is 77.0 Å². The van der Waals surface area contributed by atoms with Crippen LogP contribution in [-0.2, 0) is 4.79 Å². The highest BCUT2D eigenvalue weighted by Crippen LogP contribution is 2.13. The second-order valence-corrected chi connectivity index (χ2v) is 14.7. The average molecular weight is 748 g/mol. The first-order chi connectivity index (χ1) is 26.7. The van der Waals surface area contributed by atoms with Crippen molar-refractivity contribution in [1.29, 1.82) is 0 Å². The molecule has 0 bridgehead atoms. The number of hydrogen-bond donors (Lipinski definition) is 3. The Morgan fingerprint density at radius 2 is 0.815 bits per heavy atom. The molecule has 0 aliphatic rings. The molecule has 54 heavy (non-hydrogen) atoms. The smallest absolute Gasteiger partial charge is 0.220 e. The maximum absolute atomic E-state index is 12.4. The summed E-state index contributed by atoms with van der Waals surface area (Å²) in [6.07, 6.45) is 66.6. The van der Waals surface area contributed by atoms with Crippen molar-refractivity contribution in [3.63, 3.8) is 0 Å². The van der Waals surface area contributed by atoms with Crippen molar-refractivity contribution in [1.82, 2.24) is 5.32 Å². The zero-order valence-electron chi connectivity index (χ0n) is 35.2. The molecule has 0 aromatic rings. The number of carbonyl (C=O) groups is 1. The minimum Gasteiger partial charge on any atom is -0.394 e. The summed E-state index contributed by atoms with van der Waals surface area (Å²) in [7, 11) is 0. The van der Waals surface area contributed by atoms with Crippen LogP contribution < -0.4 is 5.32 Å². The molecule has 0 radical (unpaired) electrons. The van der Waals surface area contributed by atoms with Crippen LogP contribution >= 0.6 is 0 Å². The molecule has 1 amide bonds. The van der Waals surface area contributed by atoms with Crippen LogP contribution in [0.2, 0.25) is 0 Å². The Balaban J connectivity index is 3.62. The summed E-state index contributed by atoms with van der Waals surface area (Å²) in [5, 5.41) is 22.9. The number of hydrogen-bond acceptors (Lipinski definition) is 3. The Kier molecular flexibility index (Phi) is 42.5. The van der Waals surface area contributed by atoms with Gasteiger partial charge in [0.05, 0.1) is 18.8 Å². The fourth-order valence-corrected chi connectivity index (χ4v) is 6.16. The van der Waals surface area contributed by atoms with E-state index >= 15 is 0 Å². The average Bonchev–Trinajstić information content (AvgIpc) is 3.18. The van der Waals surface area contributed by atoms with Gasteiger partial charge in [0.15, 0.2) is 0 Å². The number of aliphatic hydroxyl groups is 2. The van der Waals surface area contributed by atoms with Gasteiger partial charge in [-0.3, -0.25) is 4.79 Å². The van der Waals surface area contributed by atoms with Crippen molar-refractivity contribution in [3.05, 3.63) is 97.2 Å². The highest BCUT2D eigenvalue weighted by atomic mass is 16.3. The number of nitrogens with one attached hydrogen (secondary N) is 1. The second kappa shape index (κ2) is 44.7. The predicted octanol–water partition coefficient (Wildman–Crippen LogP) is 14.2. The minimum absolute atomic E-state index is 0.0770. The van der Waals surface area contributed by atoms with Crippen LogP contribution in [-0.4, -0.2) is 34.9 Å². The number of rotatable bonds is 39. The van der Waals surface area contributed by atoms with Crippen LogP contribution in [0.15, 0.2) is 97.2 Å². The van der Waals surface area contributed by atoms with Crippen LogP contribution in [0, 0.1) is 0 Å². The molecule has 308 valence electrons. The zero-order chi connectivity index (χ0) is 39.3. The predicted molar refractivity (Wildman–Crippen MR) is 239 cm³/mol. The zero-order valence-corrected chi connectivity index (χ0v) is 35.2. The molecule has 2 atom stereocenters. The van der Waals surface area contributed by atoms with Crippen LogP contribution in [0.1, 0.15) is 194 Å². The van der Waals surface area contributed by atoms with E-state index in [1.165, 1.54) is 96.3 Å². The van der Waals surface area contributed by atoms with Crippen molar-refractivity contribution in [2.24, 2.45) is 0 Å². The fourth-order valence-electron chi connectivity index (χ4n) is 6.16. The Hall–Kier alpha value is -2.69. The topological polar surface area (TPSA) is 69.6 Å². The first-order valence-electron chi connectivity index (χ1n) is 22.5. The number of allylic oxidation sites excluding steroid dienone is 15. The molecule has 0 aliphatic carbocycles. The summed E-state index contributed by atoms with van der Waals surface area (Å²) in [4.78, 5) is 12.4. The Morgan fingerprint density at radius 1 is 0.463 bits per heavy atom. The van der Waals surface area contributed by atoms with E-state index in [0.717, 1.165) is 77.0 Å². The molecule has 0 aliphatic heterocycles. The number of aliphatic hydroxyl groups excluding tert-OH is 2. The lowest BCUT2D eigenvalue weighted by molar-refractivity contribution is -0.123. The van der Waals surface area contributed by atoms with Crippen molar-refractivity contribution in [2.75, 3.05) is 6.61 Å². The lowest BCUT2D eigenvalue weighted by Crippen LogP contribution is -2.45. The molecular formula is C50H85NO3. The Morgan fingerprint density at radius 3 is 1.22 bits per heavy atom. The van der Waals surface area contributed by atoms with E-state index in [0.29, 0.717) is 6.42 Å². The van der Waals surface area contributed by atoms with Crippen LogP contribution in [0.3, 0.4) is 0 Å². The molecule has 2 unspecified atom stereocenters. The van der Waals surface area contributed by atoms with E-state index in [2.05, 4.69) is 104 Å². The molecule has 0 saturated heterocycles. The maximum Gasteiger partial charge on any atom is 0.220 e. The number of unbranched alkanes of at least 4 members (excludes halogenated alkanes) is 18. The number of carbonyl (C=O) groups excluding carboxylic acids is 1. The Bertz CT molecular complexity index is 1030. The van der Waals surface area contributed by atoms with E-state index in [4.69, 9.17) is 0 Å². The highest BCUT2D eigenvalue weighted by molar-refractivity contribution is 5.76. The van der Waals surface area contributed by atoms with Gasteiger partial charge in [0.2, 0.25) is 5.91 Å². The van der Waals surface area contributed by atoms with Gasteiger partial charge in [0.1, 0.15) is 0 Å². The second-order valence-electron chi connectivity index (χ2n) is 14.7. The number of amides is 1. The summed E-state index contributed by atoms with van der Waals surface area (Å²) in [5.41, 5.74) is 0. The van der Waals surface area contributed by atoms with Gasteiger partial charge in [-0.15, -0.1) is 0 Å². The summed E-state index contributed by atoms with van der Waals surface area (Å²) in [6.45, 7) is 4.16. The monoisotopic (exact) mass is 748 g/mol. The molecule has 0 spiro atoms. The van der Waals surface area contributed by atoms with E-state index < -0.39 is 12.1 Å². The Labute approximate surface area is 334 Å².